The SMILES string of the molecule is CC.Cc1c[nH]c2cnc(-c3ccccc3)cc12. The van der Waals surface area contributed by atoms with Crippen molar-refractivity contribution in [2.45, 2.75) is 20.8 Å². The summed E-state index contributed by atoms with van der Waals surface area (Å²) in [5, 5.41) is 1.24. The van der Waals surface area contributed by atoms with Crippen LogP contribution in [-0.2, 0) is 0 Å². The number of pyridine rings is 1. The average molecular weight is 238 g/mol. The molecular weight excluding hydrogens is 220 g/mol. The van der Waals surface area contributed by atoms with Crippen molar-refractivity contribution >= 4 is 10.9 Å². The van der Waals surface area contributed by atoms with Gasteiger partial charge in [0.05, 0.1) is 17.4 Å². The van der Waals surface area contributed by atoms with Crippen LogP contribution in [0, 0.1) is 6.92 Å². The van der Waals surface area contributed by atoms with E-state index in [-0.39, 0.29) is 0 Å². The lowest BCUT2D eigenvalue weighted by molar-refractivity contribution is 1.33. The summed E-state index contributed by atoms with van der Waals surface area (Å²) >= 11 is 0. The highest BCUT2D eigenvalue weighted by molar-refractivity contribution is 5.85. The maximum absolute atomic E-state index is 4.46. The molecule has 0 saturated carbocycles. The van der Waals surface area contributed by atoms with Gasteiger partial charge >= 0.3 is 0 Å². The van der Waals surface area contributed by atoms with Gasteiger partial charge in [0, 0.05) is 17.1 Å². The van der Waals surface area contributed by atoms with E-state index in [4.69, 9.17) is 0 Å². The van der Waals surface area contributed by atoms with Crippen molar-refractivity contribution in [1.29, 1.82) is 0 Å². The number of benzene rings is 1. The molecular formula is C16H18N2. The lowest BCUT2D eigenvalue weighted by Gasteiger charge is -2.00. The third-order valence-electron chi connectivity index (χ3n) is 2.84. The molecule has 0 bridgehead atoms. The summed E-state index contributed by atoms with van der Waals surface area (Å²) in [7, 11) is 0. The van der Waals surface area contributed by atoms with E-state index in [2.05, 4.69) is 35.1 Å². The van der Waals surface area contributed by atoms with E-state index in [1.807, 2.05) is 44.4 Å². The lowest BCUT2D eigenvalue weighted by Crippen LogP contribution is -1.82. The standard InChI is InChI=1S/C14H12N2.C2H6/c1-10-8-15-14-9-16-13(7-12(10)14)11-5-3-2-4-6-11;1-2/h2-9,15H,1H3;1-2H3. The normalized spacial score (nSPS) is 9.94. The average Bonchev–Trinajstić information content (AvgIpc) is 2.83. The summed E-state index contributed by atoms with van der Waals surface area (Å²) in [6, 6.07) is 12.4. The van der Waals surface area contributed by atoms with Crippen LogP contribution in [0.15, 0.2) is 48.8 Å². The monoisotopic (exact) mass is 238 g/mol. The smallest absolute Gasteiger partial charge is 0.0709 e. The number of aromatic amines is 1. The van der Waals surface area contributed by atoms with Crippen molar-refractivity contribution in [2.24, 2.45) is 0 Å². The van der Waals surface area contributed by atoms with Gasteiger partial charge in [0.15, 0.2) is 0 Å². The summed E-state index contributed by atoms with van der Waals surface area (Å²) in [6.45, 7) is 6.10. The third-order valence-corrected chi connectivity index (χ3v) is 2.84. The third kappa shape index (κ3) is 2.28. The van der Waals surface area contributed by atoms with Gasteiger partial charge in [-0.1, -0.05) is 44.2 Å². The Morgan fingerprint density at radius 3 is 2.50 bits per heavy atom. The molecule has 3 aromatic rings. The first kappa shape index (κ1) is 12.4. The number of fused-ring (bicyclic) bond motifs is 1. The number of hydrogen-bond donors (Lipinski definition) is 1. The summed E-state index contributed by atoms with van der Waals surface area (Å²) in [4.78, 5) is 7.66. The number of nitrogens with zero attached hydrogens (tertiary/aromatic N) is 1. The molecule has 0 aliphatic rings. The number of nitrogens with one attached hydrogen (secondary N) is 1. The van der Waals surface area contributed by atoms with E-state index in [1.165, 1.54) is 10.9 Å². The summed E-state index contributed by atoms with van der Waals surface area (Å²) in [5.41, 5.74) is 4.53. The van der Waals surface area contributed by atoms with Gasteiger partial charge in [0.2, 0.25) is 0 Å². The minimum atomic E-state index is 1.02. The highest BCUT2D eigenvalue weighted by Gasteiger charge is 2.03. The van der Waals surface area contributed by atoms with Crippen LogP contribution in [-0.4, -0.2) is 9.97 Å². The molecule has 1 aromatic carbocycles. The molecule has 0 spiro atoms. The molecule has 2 nitrogen and oxygen atoms in total. The quantitative estimate of drug-likeness (QED) is 0.661. The summed E-state index contributed by atoms with van der Waals surface area (Å²) < 4.78 is 0. The molecule has 0 fully saturated rings. The number of rotatable bonds is 1. The topological polar surface area (TPSA) is 28.7 Å². The summed E-state index contributed by atoms with van der Waals surface area (Å²) in [6.07, 6.45) is 3.91. The Balaban J connectivity index is 0.000000574. The molecule has 2 heterocycles. The van der Waals surface area contributed by atoms with Gasteiger partial charge in [-0.2, -0.15) is 0 Å². The highest BCUT2D eigenvalue weighted by Crippen LogP contribution is 2.23. The Morgan fingerprint density at radius 2 is 1.78 bits per heavy atom. The molecule has 18 heavy (non-hydrogen) atoms. The molecule has 0 saturated heterocycles. The maximum Gasteiger partial charge on any atom is 0.0709 e. The van der Waals surface area contributed by atoms with E-state index in [9.17, 15) is 0 Å². The van der Waals surface area contributed by atoms with Gasteiger partial charge in [-0.25, -0.2) is 0 Å². The number of aromatic nitrogens is 2. The number of aryl methyl sites for hydroxylation is 1. The second-order valence-electron chi connectivity index (χ2n) is 3.95. The van der Waals surface area contributed by atoms with E-state index in [0.29, 0.717) is 0 Å². The molecule has 2 heteroatoms. The minimum absolute atomic E-state index is 1.02. The van der Waals surface area contributed by atoms with Crippen LogP contribution < -0.4 is 0 Å². The predicted octanol–water partition coefficient (Wildman–Crippen LogP) is 4.56. The van der Waals surface area contributed by atoms with Crippen molar-refractivity contribution < 1.29 is 0 Å². The second-order valence-corrected chi connectivity index (χ2v) is 3.95. The molecule has 0 radical (unpaired) electrons. The Kier molecular flexibility index (Phi) is 3.78. The Hall–Kier alpha value is -2.09. The lowest BCUT2D eigenvalue weighted by atomic mass is 10.1. The van der Waals surface area contributed by atoms with Crippen LogP contribution in [0.2, 0.25) is 0 Å². The van der Waals surface area contributed by atoms with Crippen LogP contribution in [0.25, 0.3) is 22.2 Å². The molecule has 2 aromatic heterocycles. The first-order valence-corrected chi connectivity index (χ1v) is 6.34. The van der Waals surface area contributed by atoms with E-state index in [1.54, 1.807) is 0 Å². The van der Waals surface area contributed by atoms with Crippen molar-refractivity contribution in [3.63, 3.8) is 0 Å². The van der Waals surface area contributed by atoms with Crippen molar-refractivity contribution in [2.75, 3.05) is 0 Å². The highest BCUT2D eigenvalue weighted by atomic mass is 14.7. The molecule has 0 aliphatic heterocycles. The predicted molar refractivity (Wildman–Crippen MR) is 77.6 cm³/mol. The molecule has 0 aliphatic carbocycles. The molecule has 1 N–H and O–H groups in total. The minimum Gasteiger partial charge on any atom is -0.360 e. The molecule has 92 valence electrons. The van der Waals surface area contributed by atoms with Gasteiger partial charge in [-0.15, -0.1) is 0 Å². The Labute approximate surface area is 108 Å². The first-order chi connectivity index (χ1) is 8.84. The summed E-state index contributed by atoms with van der Waals surface area (Å²) in [5.74, 6) is 0. The largest absolute Gasteiger partial charge is 0.360 e. The van der Waals surface area contributed by atoms with Crippen molar-refractivity contribution in [3.05, 3.63) is 54.4 Å². The van der Waals surface area contributed by atoms with Gasteiger partial charge in [-0.05, 0) is 18.6 Å². The van der Waals surface area contributed by atoms with Crippen LogP contribution in [0.1, 0.15) is 19.4 Å². The van der Waals surface area contributed by atoms with Crippen LogP contribution in [0.3, 0.4) is 0 Å². The van der Waals surface area contributed by atoms with Crippen molar-refractivity contribution in [1.82, 2.24) is 9.97 Å². The zero-order valence-corrected chi connectivity index (χ0v) is 11.1. The molecule has 0 amide bonds. The molecule has 0 unspecified atom stereocenters. The fourth-order valence-corrected chi connectivity index (χ4v) is 1.93. The van der Waals surface area contributed by atoms with E-state index >= 15 is 0 Å². The van der Waals surface area contributed by atoms with Gasteiger partial charge in [0.1, 0.15) is 0 Å². The number of hydrogen-bond acceptors (Lipinski definition) is 1. The van der Waals surface area contributed by atoms with Gasteiger partial charge in [0.25, 0.3) is 0 Å². The van der Waals surface area contributed by atoms with E-state index in [0.717, 1.165) is 16.8 Å². The first-order valence-electron chi connectivity index (χ1n) is 6.34. The van der Waals surface area contributed by atoms with E-state index < -0.39 is 0 Å². The Bertz CT molecular complexity index is 624. The Morgan fingerprint density at radius 1 is 1.06 bits per heavy atom. The maximum atomic E-state index is 4.46. The fourth-order valence-electron chi connectivity index (χ4n) is 1.93. The fraction of sp³-hybridized carbons (Fsp3) is 0.188. The zero-order valence-electron chi connectivity index (χ0n) is 11.1. The molecule has 0 atom stereocenters. The van der Waals surface area contributed by atoms with Crippen LogP contribution in [0.4, 0.5) is 0 Å². The number of H-pyrrole nitrogens is 1. The molecule has 3 rings (SSSR count). The van der Waals surface area contributed by atoms with Gasteiger partial charge in [-0.3, -0.25) is 4.98 Å². The van der Waals surface area contributed by atoms with Gasteiger partial charge < -0.3 is 4.98 Å². The van der Waals surface area contributed by atoms with Crippen molar-refractivity contribution in [3.8, 4) is 11.3 Å². The second kappa shape index (κ2) is 5.50. The van der Waals surface area contributed by atoms with Crippen LogP contribution in [0.5, 0.6) is 0 Å². The van der Waals surface area contributed by atoms with Crippen LogP contribution >= 0.6 is 0 Å². The zero-order chi connectivity index (χ0) is 13.0.